The number of carbonyl (C=O) groups is 1. The minimum atomic E-state index is -3.41. The Morgan fingerprint density at radius 3 is 2.69 bits per heavy atom. The third-order valence-electron chi connectivity index (χ3n) is 3.81. The highest BCUT2D eigenvalue weighted by Crippen LogP contribution is 2.57. The number of carbonyl (C=O) groups excluding carboxylic acids is 1. The van der Waals surface area contributed by atoms with Gasteiger partial charge >= 0.3 is 0 Å². The van der Waals surface area contributed by atoms with E-state index in [1.54, 1.807) is 0 Å². The highest BCUT2D eigenvalue weighted by atomic mass is 32.2. The summed E-state index contributed by atoms with van der Waals surface area (Å²) in [6.07, 6.45) is 2.36. The van der Waals surface area contributed by atoms with Gasteiger partial charge in [-0.3, -0.25) is 4.79 Å². The lowest BCUT2D eigenvalue weighted by Crippen LogP contribution is -2.51. The Bertz CT molecular complexity index is 454. The van der Waals surface area contributed by atoms with Crippen LogP contribution in [0.1, 0.15) is 33.1 Å². The molecular formula is C11H17NO3S. The standard InChI is InChI=1S/C11H17NO3S/c1-4-5-11-7-16(14,15)12(9(3)13)10(11)6-8(11)2/h10H,2,4-7H2,1,3H3. The normalized spacial score (nSPS) is 35.8. The fourth-order valence-electron chi connectivity index (χ4n) is 3.11. The van der Waals surface area contributed by atoms with Crippen LogP contribution in [0.25, 0.3) is 0 Å². The van der Waals surface area contributed by atoms with Crippen LogP contribution in [0.15, 0.2) is 12.2 Å². The van der Waals surface area contributed by atoms with Crippen molar-refractivity contribution in [3.8, 4) is 0 Å². The summed E-state index contributed by atoms with van der Waals surface area (Å²) in [5.41, 5.74) is 0.644. The summed E-state index contributed by atoms with van der Waals surface area (Å²) in [7, 11) is -3.41. The Hall–Kier alpha value is -0.840. The predicted molar refractivity (Wildman–Crippen MR) is 61.2 cm³/mol. The molecule has 0 radical (unpaired) electrons. The minimum absolute atomic E-state index is 0.0664. The van der Waals surface area contributed by atoms with E-state index < -0.39 is 10.0 Å². The Labute approximate surface area is 96.4 Å². The summed E-state index contributed by atoms with van der Waals surface area (Å²) in [6.45, 7) is 7.30. The molecule has 1 aliphatic heterocycles. The lowest BCUT2D eigenvalue weighted by atomic mass is 9.60. The quantitative estimate of drug-likeness (QED) is 0.687. The van der Waals surface area contributed by atoms with Crippen LogP contribution in [0, 0.1) is 5.41 Å². The fourth-order valence-corrected chi connectivity index (χ4v) is 5.49. The van der Waals surface area contributed by atoms with Crippen molar-refractivity contribution in [2.45, 2.75) is 39.2 Å². The van der Waals surface area contributed by atoms with Gasteiger partial charge in [-0.2, -0.15) is 0 Å². The number of hydrogen-bond donors (Lipinski definition) is 0. The Balaban J connectivity index is 2.43. The minimum Gasteiger partial charge on any atom is -0.274 e. The lowest BCUT2D eigenvalue weighted by Gasteiger charge is -2.47. The molecule has 2 unspecified atom stereocenters. The van der Waals surface area contributed by atoms with Crippen LogP contribution in [0.3, 0.4) is 0 Å². The van der Waals surface area contributed by atoms with E-state index in [2.05, 4.69) is 6.58 Å². The first-order valence-corrected chi connectivity index (χ1v) is 7.17. The van der Waals surface area contributed by atoms with Gasteiger partial charge in [-0.25, -0.2) is 12.7 Å². The summed E-state index contributed by atoms with van der Waals surface area (Å²) in [6, 6.07) is -0.164. The van der Waals surface area contributed by atoms with Crippen LogP contribution in [0.4, 0.5) is 0 Å². The molecule has 0 aromatic heterocycles. The molecule has 0 aromatic carbocycles. The molecule has 0 aromatic rings. The molecular weight excluding hydrogens is 226 g/mol. The molecule has 2 aliphatic rings. The summed E-state index contributed by atoms with van der Waals surface area (Å²) in [5, 5.41) is 0. The van der Waals surface area contributed by atoms with Crippen LogP contribution in [0.2, 0.25) is 0 Å². The molecule has 90 valence electrons. The molecule has 0 bridgehead atoms. The molecule has 16 heavy (non-hydrogen) atoms. The van der Waals surface area contributed by atoms with Gasteiger partial charge in [0.05, 0.1) is 11.8 Å². The van der Waals surface area contributed by atoms with E-state index in [-0.39, 0.29) is 23.1 Å². The Kier molecular flexibility index (Phi) is 2.42. The second-order valence-electron chi connectivity index (χ2n) is 4.80. The SMILES string of the molecule is C=C1CC2N(C(C)=O)S(=O)(=O)CC12CCC. The zero-order valence-corrected chi connectivity index (χ0v) is 10.5. The number of amides is 1. The third-order valence-corrected chi connectivity index (χ3v) is 5.80. The summed E-state index contributed by atoms with van der Waals surface area (Å²) in [5.74, 6) is -0.299. The van der Waals surface area contributed by atoms with Crippen molar-refractivity contribution in [3.63, 3.8) is 0 Å². The van der Waals surface area contributed by atoms with E-state index in [0.717, 1.165) is 22.7 Å². The summed E-state index contributed by atoms with van der Waals surface area (Å²) >= 11 is 0. The largest absolute Gasteiger partial charge is 0.274 e. The van der Waals surface area contributed by atoms with Gasteiger partial charge < -0.3 is 0 Å². The molecule has 1 saturated heterocycles. The van der Waals surface area contributed by atoms with Gasteiger partial charge in [0, 0.05) is 12.3 Å². The molecule has 1 aliphatic carbocycles. The van der Waals surface area contributed by atoms with Gasteiger partial charge in [0.25, 0.3) is 0 Å². The number of nitrogens with zero attached hydrogens (tertiary/aromatic N) is 1. The van der Waals surface area contributed by atoms with Crippen LogP contribution < -0.4 is 0 Å². The predicted octanol–water partition coefficient (Wildman–Crippen LogP) is 1.29. The molecule has 1 saturated carbocycles. The first kappa shape index (κ1) is 11.6. The average Bonchev–Trinajstić information content (AvgIpc) is 2.32. The maximum Gasteiger partial charge on any atom is 0.238 e. The van der Waals surface area contributed by atoms with E-state index in [9.17, 15) is 13.2 Å². The van der Waals surface area contributed by atoms with Crippen LogP contribution >= 0.6 is 0 Å². The van der Waals surface area contributed by atoms with E-state index >= 15 is 0 Å². The Morgan fingerprint density at radius 1 is 1.62 bits per heavy atom. The van der Waals surface area contributed by atoms with Crippen LogP contribution in [-0.2, 0) is 14.8 Å². The fraction of sp³-hybridized carbons (Fsp3) is 0.727. The molecule has 5 heteroatoms. The van der Waals surface area contributed by atoms with Crippen molar-refractivity contribution in [2.24, 2.45) is 5.41 Å². The highest BCUT2D eigenvalue weighted by molar-refractivity contribution is 7.90. The second kappa shape index (κ2) is 3.32. The van der Waals surface area contributed by atoms with Gasteiger partial charge in [0.1, 0.15) is 0 Å². The molecule has 0 N–H and O–H groups in total. The smallest absolute Gasteiger partial charge is 0.238 e. The van der Waals surface area contributed by atoms with Gasteiger partial charge in [0.2, 0.25) is 15.9 Å². The summed E-state index contributed by atoms with van der Waals surface area (Å²) < 4.78 is 25.0. The van der Waals surface area contributed by atoms with Gasteiger partial charge in [-0.05, 0) is 12.8 Å². The number of fused-ring (bicyclic) bond motifs is 1. The monoisotopic (exact) mass is 243 g/mol. The third kappa shape index (κ3) is 1.27. The summed E-state index contributed by atoms with van der Waals surface area (Å²) in [4.78, 5) is 11.4. The molecule has 2 atom stereocenters. The number of rotatable bonds is 2. The van der Waals surface area contributed by atoms with Crippen molar-refractivity contribution in [1.29, 1.82) is 0 Å². The second-order valence-corrected chi connectivity index (χ2v) is 6.65. The first-order chi connectivity index (χ1) is 7.35. The van der Waals surface area contributed by atoms with Crippen LogP contribution in [0.5, 0.6) is 0 Å². The van der Waals surface area contributed by atoms with Crippen molar-refractivity contribution in [3.05, 3.63) is 12.2 Å². The topological polar surface area (TPSA) is 54.5 Å². The van der Waals surface area contributed by atoms with Gasteiger partial charge in [-0.15, -0.1) is 0 Å². The van der Waals surface area contributed by atoms with Crippen molar-refractivity contribution in [2.75, 3.05) is 5.75 Å². The van der Waals surface area contributed by atoms with Gasteiger partial charge in [0.15, 0.2) is 0 Å². The zero-order valence-electron chi connectivity index (χ0n) is 9.69. The van der Waals surface area contributed by atoms with E-state index in [1.165, 1.54) is 6.92 Å². The molecule has 1 amide bonds. The van der Waals surface area contributed by atoms with E-state index in [4.69, 9.17) is 0 Å². The maximum atomic E-state index is 12.0. The van der Waals surface area contributed by atoms with Gasteiger partial charge in [-0.1, -0.05) is 25.5 Å². The molecule has 1 heterocycles. The van der Waals surface area contributed by atoms with Crippen molar-refractivity contribution < 1.29 is 13.2 Å². The highest BCUT2D eigenvalue weighted by Gasteiger charge is 2.63. The maximum absolute atomic E-state index is 12.0. The molecule has 2 fully saturated rings. The molecule has 0 spiro atoms. The first-order valence-electron chi connectivity index (χ1n) is 5.56. The molecule has 2 rings (SSSR count). The van der Waals surface area contributed by atoms with E-state index in [1.807, 2.05) is 6.92 Å². The number of sulfonamides is 1. The average molecular weight is 243 g/mol. The van der Waals surface area contributed by atoms with Crippen LogP contribution in [-0.4, -0.2) is 30.4 Å². The molecule has 4 nitrogen and oxygen atoms in total. The van der Waals surface area contributed by atoms with E-state index in [0.29, 0.717) is 6.42 Å². The van der Waals surface area contributed by atoms with Crippen molar-refractivity contribution >= 4 is 15.9 Å². The van der Waals surface area contributed by atoms with Crippen molar-refractivity contribution in [1.82, 2.24) is 4.31 Å². The lowest BCUT2D eigenvalue weighted by molar-refractivity contribution is -0.127. The Morgan fingerprint density at radius 2 is 2.25 bits per heavy atom. The number of hydrogen-bond acceptors (Lipinski definition) is 3. The zero-order chi connectivity index (χ0) is 12.1.